The number of allylic oxidation sites excluding steroid dienone is 1. The van der Waals surface area contributed by atoms with Crippen LogP contribution in [0.2, 0.25) is 0 Å². The smallest absolute Gasteiger partial charge is 0.335 e. The van der Waals surface area contributed by atoms with E-state index in [4.69, 9.17) is 4.74 Å². The van der Waals surface area contributed by atoms with Gasteiger partial charge < -0.3 is 10.1 Å². The highest BCUT2D eigenvalue weighted by molar-refractivity contribution is 5.96. The van der Waals surface area contributed by atoms with Gasteiger partial charge in [-0.1, -0.05) is 13.8 Å². The van der Waals surface area contributed by atoms with Crippen molar-refractivity contribution >= 4 is 11.9 Å². The fraction of sp³-hybridized carbons (Fsp3) is 0.353. The van der Waals surface area contributed by atoms with E-state index < -0.39 is 11.9 Å². The highest BCUT2D eigenvalue weighted by Crippen LogP contribution is 2.40. The first-order valence-electron chi connectivity index (χ1n) is 7.83. The van der Waals surface area contributed by atoms with Gasteiger partial charge in [0, 0.05) is 18.1 Å². The van der Waals surface area contributed by atoms with E-state index in [1.54, 1.807) is 35.4 Å². The van der Waals surface area contributed by atoms with E-state index in [0.29, 0.717) is 29.9 Å². The molecule has 1 N–H and O–H groups in total. The van der Waals surface area contributed by atoms with Crippen LogP contribution in [0.3, 0.4) is 0 Å². The summed E-state index contributed by atoms with van der Waals surface area (Å²) in [4.78, 5) is 28.3. The number of methoxy groups -OCH3 is 1. The molecule has 2 aromatic heterocycles. The number of imidazole rings is 1. The van der Waals surface area contributed by atoms with Crippen molar-refractivity contribution in [3.05, 3.63) is 47.8 Å². The van der Waals surface area contributed by atoms with Crippen molar-refractivity contribution in [2.24, 2.45) is 5.41 Å². The Morgan fingerprint density at radius 2 is 2.04 bits per heavy atom. The highest BCUT2D eigenvalue weighted by Gasteiger charge is 2.35. The SMILES string of the molecule is COC(=O)C1=C(NC(=O)c2ccc(-n3ccnc3)nn2)CC(C)(C)C1. The molecule has 8 nitrogen and oxygen atoms in total. The summed E-state index contributed by atoms with van der Waals surface area (Å²) in [5.74, 6) is -0.258. The van der Waals surface area contributed by atoms with Crippen LogP contribution in [0.15, 0.2) is 42.1 Å². The van der Waals surface area contributed by atoms with Crippen LogP contribution in [0.25, 0.3) is 5.82 Å². The first kappa shape index (κ1) is 16.8. The van der Waals surface area contributed by atoms with Gasteiger partial charge in [0.25, 0.3) is 5.91 Å². The van der Waals surface area contributed by atoms with Gasteiger partial charge in [-0.2, -0.15) is 0 Å². The maximum absolute atomic E-state index is 12.4. The quantitative estimate of drug-likeness (QED) is 0.849. The number of carbonyl (C=O) groups is 2. The van der Waals surface area contributed by atoms with Crippen LogP contribution in [-0.2, 0) is 9.53 Å². The highest BCUT2D eigenvalue weighted by atomic mass is 16.5. The van der Waals surface area contributed by atoms with Gasteiger partial charge in [0.1, 0.15) is 6.33 Å². The van der Waals surface area contributed by atoms with Crippen LogP contribution < -0.4 is 5.32 Å². The number of rotatable bonds is 4. The van der Waals surface area contributed by atoms with Crippen LogP contribution in [0.5, 0.6) is 0 Å². The molecule has 2 aromatic rings. The molecule has 0 atom stereocenters. The standard InChI is InChI=1S/C17H19N5O3/c1-17(2)8-11(16(24)25-3)13(9-17)19-15(23)12-4-5-14(21-20-12)22-7-6-18-10-22/h4-7,10H,8-9H2,1-3H3,(H,19,23). The molecule has 0 spiro atoms. The zero-order chi connectivity index (χ0) is 18.0. The van der Waals surface area contributed by atoms with Crippen LogP contribution in [0.4, 0.5) is 0 Å². The second-order valence-electron chi connectivity index (χ2n) is 6.67. The number of nitrogens with one attached hydrogen (secondary N) is 1. The number of aromatic nitrogens is 4. The molecule has 0 fully saturated rings. The third kappa shape index (κ3) is 3.57. The summed E-state index contributed by atoms with van der Waals surface area (Å²) in [6.07, 6.45) is 6.10. The average molecular weight is 341 g/mol. The van der Waals surface area contributed by atoms with E-state index in [1.807, 2.05) is 13.8 Å². The van der Waals surface area contributed by atoms with E-state index in [9.17, 15) is 9.59 Å². The maximum Gasteiger partial charge on any atom is 0.335 e. The summed E-state index contributed by atoms with van der Waals surface area (Å²) >= 11 is 0. The lowest BCUT2D eigenvalue weighted by Crippen LogP contribution is -2.26. The van der Waals surface area contributed by atoms with E-state index in [-0.39, 0.29) is 11.1 Å². The van der Waals surface area contributed by atoms with Gasteiger partial charge in [0.2, 0.25) is 0 Å². The third-order valence-corrected chi connectivity index (χ3v) is 4.02. The molecule has 3 rings (SSSR count). The zero-order valence-corrected chi connectivity index (χ0v) is 14.3. The van der Waals surface area contributed by atoms with E-state index in [1.165, 1.54) is 7.11 Å². The number of ether oxygens (including phenoxy) is 1. The predicted octanol–water partition coefficient (Wildman–Crippen LogP) is 1.64. The monoisotopic (exact) mass is 341 g/mol. The number of amides is 1. The van der Waals surface area contributed by atoms with Crippen molar-refractivity contribution in [1.82, 2.24) is 25.1 Å². The number of hydrogen-bond acceptors (Lipinski definition) is 6. The van der Waals surface area contributed by atoms with Gasteiger partial charge in [-0.15, -0.1) is 10.2 Å². The van der Waals surface area contributed by atoms with Crippen LogP contribution in [0.1, 0.15) is 37.2 Å². The zero-order valence-electron chi connectivity index (χ0n) is 14.3. The lowest BCUT2D eigenvalue weighted by Gasteiger charge is -2.16. The Hall–Kier alpha value is -3.03. The summed E-state index contributed by atoms with van der Waals surface area (Å²) in [5, 5.41) is 10.8. The van der Waals surface area contributed by atoms with Crippen LogP contribution in [-0.4, -0.2) is 38.7 Å². The van der Waals surface area contributed by atoms with Crippen molar-refractivity contribution in [2.75, 3.05) is 7.11 Å². The molecular weight excluding hydrogens is 322 g/mol. The molecule has 130 valence electrons. The Balaban J connectivity index is 1.78. The topological polar surface area (TPSA) is 99.0 Å². The molecule has 1 aliphatic rings. The summed E-state index contributed by atoms with van der Waals surface area (Å²) in [7, 11) is 1.33. The van der Waals surface area contributed by atoms with Crippen LogP contribution in [0, 0.1) is 5.41 Å². The fourth-order valence-corrected chi connectivity index (χ4v) is 2.85. The molecule has 1 amide bonds. The van der Waals surface area contributed by atoms with Crippen LogP contribution >= 0.6 is 0 Å². The lowest BCUT2D eigenvalue weighted by atomic mass is 9.89. The minimum atomic E-state index is -0.414. The first-order chi connectivity index (χ1) is 11.9. The molecule has 8 heteroatoms. The molecule has 2 heterocycles. The summed E-state index contributed by atoms with van der Waals surface area (Å²) in [5.41, 5.74) is 1.15. The van der Waals surface area contributed by atoms with E-state index in [0.717, 1.165) is 0 Å². The molecular formula is C17H19N5O3. The second-order valence-corrected chi connectivity index (χ2v) is 6.67. The maximum atomic E-state index is 12.4. The largest absolute Gasteiger partial charge is 0.466 e. The molecule has 1 aliphatic carbocycles. The Morgan fingerprint density at radius 1 is 1.24 bits per heavy atom. The van der Waals surface area contributed by atoms with Crippen molar-refractivity contribution in [3.8, 4) is 5.82 Å². The number of esters is 1. The van der Waals surface area contributed by atoms with Crippen molar-refractivity contribution in [1.29, 1.82) is 0 Å². The van der Waals surface area contributed by atoms with Gasteiger partial charge in [0.15, 0.2) is 11.5 Å². The Labute approximate surface area is 144 Å². The van der Waals surface area contributed by atoms with Crippen molar-refractivity contribution in [2.45, 2.75) is 26.7 Å². The molecule has 0 bridgehead atoms. The second kappa shape index (κ2) is 6.46. The third-order valence-electron chi connectivity index (χ3n) is 4.02. The number of carbonyl (C=O) groups excluding carboxylic acids is 2. The molecule has 0 saturated heterocycles. The summed E-state index contributed by atoms with van der Waals surface area (Å²) in [6, 6.07) is 3.26. The number of nitrogens with zero attached hydrogens (tertiary/aromatic N) is 4. The van der Waals surface area contributed by atoms with Gasteiger partial charge >= 0.3 is 5.97 Å². The summed E-state index contributed by atoms with van der Waals surface area (Å²) < 4.78 is 6.50. The van der Waals surface area contributed by atoms with E-state index >= 15 is 0 Å². The summed E-state index contributed by atoms with van der Waals surface area (Å²) in [6.45, 7) is 4.07. The van der Waals surface area contributed by atoms with Gasteiger partial charge in [-0.3, -0.25) is 9.36 Å². The van der Waals surface area contributed by atoms with Gasteiger partial charge in [-0.25, -0.2) is 9.78 Å². The minimum Gasteiger partial charge on any atom is -0.466 e. The molecule has 0 saturated carbocycles. The minimum absolute atomic E-state index is 0.108. The molecule has 0 aromatic carbocycles. The Bertz CT molecular complexity index is 822. The lowest BCUT2D eigenvalue weighted by molar-refractivity contribution is -0.136. The normalized spacial score (nSPS) is 16.0. The number of hydrogen-bond donors (Lipinski definition) is 1. The van der Waals surface area contributed by atoms with E-state index in [2.05, 4.69) is 20.5 Å². The van der Waals surface area contributed by atoms with Crippen molar-refractivity contribution < 1.29 is 14.3 Å². The average Bonchev–Trinajstić information content (AvgIpc) is 3.22. The Kier molecular flexibility index (Phi) is 4.35. The molecule has 25 heavy (non-hydrogen) atoms. The van der Waals surface area contributed by atoms with Crippen molar-refractivity contribution in [3.63, 3.8) is 0 Å². The first-order valence-corrected chi connectivity index (χ1v) is 7.83. The molecule has 0 radical (unpaired) electrons. The van der Waals surface area contributed by atoms with Gasteiger partial charge in [-0.05, 0) is 30.4 Å². The molecule has 0 unspecified atom stereocenters. The Morgan fingerprint density at radius 3 is 2.64 bits per heavy atom. The fourth-order valence-electron chi connectivity index (χ4n) is 2.85. The predicted molar refractivity (Wildman–Crippen MR) is 88.7 cm³/mol. The van der Waals surface area contributed by atoms with Gasteiger partial charge in [0.05, 0.1) is 12.7 Å². The molecule has 0 aliphatic heterocycles.